The van der Waals surface area contributed by atoms with Gasteiger partial charge in [-0.1, -0.05) is 13.8 Å². The SMILES string of the molecule is CC(C)COc1ncnc2[nH]cc(/C=C/C(=O)N(C)C)c12. The Morgan fingerprint density at radius 2 is 2.19 bits per heavy atom. The molecule has 2 heterocycles. The highest BCUT2D eigenvalue weighted by atomic mass is 16.5. The number of carbonyl (C=O) groups excluding carboxylic acids is 1. The van der Waals surface area contributed by atoms with Crippen molar-refractivity contribution < 1.29 is 9.53 Å². The van der Waals surface area contributed by atoms with Crippen molar-refractivity contribution in [1.82, 2.24) is 19.9 Å². The summed E-state index contributed by atoms with van der Waals surface area (Å²) in [6.07, 6.45) is 6.52. The molecule has 2 rings (SSSR count). The van der Waals surface area contributed by atoms with E-state index in [-0.39, 0.29) is 5.91 Å². The van der Waals surface area contributed by atoms with E-state index < -0.39 is 0 Å². The molecule has 0 fully saturated rings. The van der Waals surface area contributed by atoms with Gasteiger partial charge in [0.2, 0.25) is 11.8 Å². The van der Waals surface area contributed by atoms with Crippen LogP contribution < -0.4 is 4.74 Å². The van der Waals surface area contributed by atoms with E-state index in [1.165, 1.54) is 17.3 Å². The fraction of sp³-hybridized carbons (Fsp3) is 0.400. The monoisotopic (exact) mass is 288 g/mol. The Morgan fingerprint density at radius 1 is 1.43 bits per heavy atom. The van der Waals surface area contributed by atoms with E-state index in [4.69, 9.17) is 4.74 Å². The lowest BCUT2D eigenvalue weighted by atomic mass is 10.2. The number of nitrogens with zero attached hydrogens (tertiary/aromatic N) is 3. The highest BCUT2D eigenvalue weighted by Crippen LogP contribution is 2.26. The Labute approximate surface area is 123 Å². The van der Waals surface area contributed by atoms with E-state index in [9.17, 15) is 4.79 Å². The first-order valence-corrected chi connectivity index (χ1v) is 6.83. The minimum atomic E-state index is -0.0779. The number of likely N-dealkylation sites (N-methyl/N-ethyl adjacent to an activating group) is 1. The first kappa shape index (κ1) is 15.0. The maximum absolute atomic E-state index is 11.6. The third-order valence-corrected chi connectivity index (χ3v) is 2.87. The minimum Gasteiger partial charge on any atom is -0.477 e. The molecule has 0 aromatic carbocycles. The van der Waals surface area contributed by atoms with Crippen LogP contribution in [0.1, 0.15) is 19.4 Å². The van der Waals surface area contributed by atoms with Crippen LogP contribution in [-0.4, -0.2) is 46.5 Å². The predicted octanol–water partition coefficient (Wildman–Crippen LogP) is 2.09. The molecule has 112 valence electrons. The number of nitrogens with one attached hydrogen (secondary N) is 1. The predicted molar refractivity (Wildman–Crippen MR) is 81.9 cm³/mol. The number of aromatic amines is 1. The van der Waals surface area contributed by atoms with Crippen LogP contribution in [0.4, 0.5) is 0 Å². The van der Waals surface area contributed by atoms with Gasteiger partial charge < -0.3 is 14.6 Å². The Balaban J connectivity index is 2.34. The Kier molecular flexibility index (Phi) is 4.57. The lowest BCUT2D eigenvalue weighted by Gasteiger charge is -2.08. The van der Waals surface area contributed by atoms with E-state index >= 15 is 0 Å². The van der Waals surface area contributed by atoms with Crippen LogP contribution >= 0.6 is 0 Å². The number of amides is 1. The molecule has 0 aliphatic carbocycles. The number of hydrogen-bond acceptors (Lipinski definition) is 4. The first-order valence-electron chi connectivity index (χ1n) is 6.83. The number of carbonyl (C=O) groups is 1. The number of hydrogen-bond donors (Lipinski definition) is 1. The molecule has 6 heteroatoms. The smallest absolute Gasteiger partial charge is 0.246 e. The van der Waals surface area contributed by atoms with Crippen molar-refractivity contribution >= 4 is 23.0 Å². The van der Waals surface area contributed by atoms with Gasteiger partial charge in [-0.3, -0.25) is 4.79 Å². The van der Waals surface area contributed by atoms with Gasteiger partial charge in [0.15, 0.2) is 0 Å². The molecule has 6 nitrogen and oxygen atoms in total. The van der Waals surface area contributed by atoms with Crippen molar-refractivity contribution in [3.8, 4) is 5.88 Å². The van der Waals surface area contributed by atoms with Crippen molar-refractivity contribution in [2.45, 2.75) is 13.8 Å². The summed E-state index contributed by atoms with van der Waals surface area (Å²) in [7, 11) is 3.42. The zero-order valence-corrected chi connectivity index (χ0v) is 12.8. The molecule has 0 atom stereocenters. The normalized spacial score (nSPS) is 11.5. The van der Waals surface area contributed by atoms with E-state index in [1.807, 2.05) is 0 Å². The van der Waals surface area contributed by atoms with Crippen LogP contribution in [0.5, 0.6) is 5.88 Å². The lowest BCUT2D eigenvalue weighted by Crippen LogP contribution is -2.18. The zero-order chi connectivity index (χ0) is 15.4. The summed E-state index contributed by atoms with van der Waals surface area (Å²) < 4.78 is 5.73. The fourth-order valence-electron chi connectivity index (χ4n) is 1.75. The van der Waals surface area contributed by atoms with Crippen molar-refractivity contribution in [1.29, 1.82) is 0 Å². The summed E-state index contributed by atoms with van der Waals surface area (Å²) in [4.78, 5) is 24.6. The molecule has 1 amide bonds. The molecule has 0 bridgehead atoms. The maximum Gasteiger partial charge on any atom is 0.246 e. The number of H-pyrrole nitrogens is 1. The molecular formula is C15H20N4O2. The van der Waals surface area contributed by atoms with Gasteiger partial charge in [0.05, 0.1) is 12.0 Å². The van der Waals surface area contributed by atoms with Crippen LogP contribution in [-0.2, 0) is 4.79 Å². The number of aromatic nitrogens is 3. The number of fused-ring (bicyclic) bond motifs is 1. The second-order valence-corrected chi connectivity index (χ2v) is 5.42. The summed E-state index contributed by atoms with van der Waals surface area (Å²) in [5, 5.41) is 0.793. The summed E-state index contributed by atoms with van der Waals surface area (Å²) in [6, 6.07) is 0. The summed E-state index contributed by atoms with van der Waals surface area (Å²) in [5.74, 6) is 0.862. The van der Waals surface area contributed by atoms with Crippen molar-refractivity contribution in [3.05, 3.63) is 24.2 Å². The molecule has 0 radical (unpaired) electrons. The average molecular weight is 288 g/mol. The average Bonchev–Trinajstić information content (AvgIpc) is 2.86. The van der Waals surface area contributed by atoms with E-state index in [1.54, 1.807) is 26.4 Å². The van der Waals surface area contributed by atoms with Gasteiger partial charge in [0.25, 0.3) is 0 Å². The molecule has 0 aliphatic rings. The maximum atomic E-state index is 11.6. The molecule has 2 aromatic rings. The van der Waals surface area contributed by atoms with Crippen molar-refractivity contribution in [2.75, 3.05) is 20.7 Å². The van der Waals surface area contributed by atoms with E-state index in [2.05, 4.69) is 28.8 Å². The molecule has 21 heavy (non-hydrogen) atoms. The standard InChI is InChI=1S/C15H20N4O2/c1-10(2)8-21-15-13-11(5-6-12(20)19(3)4)7-16-14(13)17-9-18-15/h5-7,9-10H,8H2,1-4H3,(H,16,17,18)/b6-5+. The van der Waals surface area contributed by atoms with Crippen molar-refractivity contribution in [2.24, 2.45) is 5.92 Å². The van der Waals surface area contributed by atoms with Crippen LogP contribution in [0.2, 0.25) is 0 Å². The zero-order valence-electron chi connectivity index (χ0n) is 12.8. The molecule has 0 saturated carbocycles. The largest absolute Gasteiger partial charge is 0.477 e. The molecule has 0 spiro atoms. The van der Waals surface area contributed by atoms with Gasteiger partial charge in [-0.2, -0.15) is 0 Å². The van der Waals surface area contributed by atoms with E-state index in [0.717, 1.165) is 10.9 Å². The van der Waals surface area contributed by atoms with Crippen LogP contribution in [0.3, 0.4) is 0 Å². The van der Waals surface area contributed by atoms with Crippen LogP contribution in [0, 0.1) is 5.92 Å². The Hall–Kier alpha value is -2.37. The van der Waals surface area contributed by atoms with Gasteiger partial charge in [-0.05, 0) is 12.0 Å². The first-order chi connectivity index (χ1) is 9.99. The van der Waals surface area contributed by atoms with Gasteiger partial charge in [0.1, 0.15) is 12.0 Å². The van der Waals surface area contributed by atoms with Crippen LogP contribution in [0.25, 0.3) is 17.1 Å². The summed E-state index contributed by atoms with van der Waals surface area (Å²) in [5.41, 5.74) is 1.53. The van der Waals surface area contributed by atoms with E-state index in [0.29, 0.717) is 24.1 Å². The van der Waals surface area contributed by atoms with Gasteiger partial charge in [0, 0.05) is 31.9 Å². The number of ether oxygens (including phenoxy) is 1. The fourth-order valence-corrected chi connectivity index (χ4v) is 1.75. The molecule has 2 aromatic heterocycles. The minimum absolute atomic E-state index is 0.0779. The molecule has 0 aliphatic heterocycles. The van der Waals surface area contributed by atoms with Gasteiger partial charge >= 0.3 is 0 Å². The second-order valence-electron chi connectivity index (χ2n) is 5.42. The van der Waals surface area contributed by atoms with Crippen molar-refractivity contribution in [3.63, 3.8) is 0 Å². The van der Waals surface area contributed by atoms with Crippen LogP contribution in [0.15, 0.2) is 18.6 Å². The van der Waals surface area contributed by atoms with Gasteiger partial charge in [-0.15, -0.1) is 0 Å². The highest BCUT2D eigenvalue weighted by Gasteiger charge is 2.11. The molecular weight excluding hydrogens is 268 g/mol. The third kappa shape index (κ3) is 3.59. The Bertz CT molecular complexity index is 659. The Morgan fingerprint density at radius 3 is 2.86 bits per heavy atom. The topological polar surface area (TPSA) is 71.1 Å². The lowest BCUT2D eigenvalue weighted by molar-refractivity contribution is -0.123. The number of rotatable bonds is 5. The molecule has 0 unspecified atom stereocenters. The molecule has 0 saturated heterocycles. The quantitative estimate of drug-likeness (QED) is 0.855. The second kappa shape index (κ2) is 6.39. The summed E-state index contributed by atoms with van der Waals surface area (Å²) in [6.45, 7) is 4.73. The third-order valence-electron chi connectivity index (χ3n) is 2.87. The van der Waals surface area contributed by atoms with Gasteiger partial charge in [-0.25, -0.2) is 9.97 Å². The highest BCUT2D eigenvalue weighted by molar-refractivity contribution is 5.96. The molecule has 1 N–H and O–H groups in total. The summed E-state index contributed by atoms with van der Waals surface area (Å²) >= 11 is 0.